The maximum absolute atomic E-state index is 13.4. The monoisotopic (exact) mass is 275 g/mol. The van der Waals surface area contributed by atoms with Gasteiger partial charge in [-0.05, 0) is 6.37 Å². The Bertz CT molecular complexity index is 680. The van der Waals surface area contributed by atoms with E-state index in [2.05, 4.69) is 4.52 Å². The molecule has 14 heavy (non-hydrogen) atoms. The van der Waals surface area contributed by atoms with Crippen molar-refractivity contribution in [3.05, 3.63) is 0 Å². The molecule has 1 unspecified atom stereocenters. The lowest BCUT2D eigenvalue weighted by molar-refractivity contribution is 0.233. The van der Waals surface area contributed by atoms with Crippen LogP contribution >= 0.6 is 30.9 Å². The summed E-state index contributed by atoms with van der Waals surface area (Å²) in [6.45, 7) is -15.9. The van der Waals surface area contributed by atoms with Crippen LogP contribution in [0.1, 0.15) is 25.6 Å². The third-order valence-electron chi connectivity index (χ3n) is 0.997. The Morgan fingerprint density at radius 1 is 1.64 bits per heavy atom. The van der Waals surface area contributed by atoms with Gasteiger partial charge in [0.2, 0.25) is 0 Å². The first-order valence-electron chi connectivity index (χ1n) is 10.5. The molecule has 0 bridgehead atoms. The molecule has 0 aromatic carbocycles. The molecule has 0 amide bonds. The molecule has 1 N–H and O–H groups in total. The van der Waals surface area contributed by atoms with Crippen LogP contribution in [0.5, 0.6) is 0 Å². The Kier molecular flexibility index (Phi) is 1.41. The Morgan fingerprint density at radius 3 is 2.86 bits per heavy atom. The van der Waals surface area contributed by atoms with E-state index in [9.17, 15) is 4.57 Å². The number of rotatable bonds is 5. The first-order valence-corrected chi connectivity index (χ1v) is 5.30. The van der Waals surface area contributed by atoms with Gasteiger partial charge in [0.25, 0.3) is 0 Å². The van der Waals surface area contributed by atoms with Crippen LogP contribution in [0.3, 0.4) is 0 Å². The standard InChI is InChI=1S/C7H15Cl2N2O2P/c8-2-5-11(6-3-9)14(12)10-4-1-7-13-14/h1-7H2,(H,10,12)/i1D2,2D2,3D2,4D2,5D2,6D2,7D2/hD. The van der Waals surface area contributed by atoms with Gasteiger partial charge in [-0.15, -0.1) is 23.2 Å². The molecular weight excluding hydrogens is 246 g/mol. The maximum atomic E-state index is 13.4. The van der Waals surface area contributed by atoms with Crippen molar-refractivity contribution < 1.29 is 29.7 Å². The third kappa shape index (κ3) is 3.37. The molecule has 1 fully saturated rings. The van der Waals surface area contributed by atoms with Gasteiger partial charge in [-0.1, -0.05) is 0 Å². The van der Waals surface area contributed by atoms with Crippen molar-refractivity contribution in [2.45, 2.75) is 6.37 Å². The van der Waals surface area contributed by atoms with E-state index >= 15 is 0 Å². The van der Waals surface area contributed by atoms with E-state index in [1.807, 2.05) is 0 Å². The average Bonchev–Trinajstić information content (AvgIpc) is 2.41. The molecule has 0 spiro atoms. The highest BCUT2D eigenvalue weighted by atomic mass is 35.5. The molecule has 7 heteroatoms. The SMILES string of the molecule is [2H]N1C([2H])([2H])C([2H])([2H])C([2H])([2H])OP1(=O)N(C([2H])([2H])C([2H])([2H])Cl)C([2H])([2H])C([2H])([2H])Cl. The molecule has 1 heterocycles. The average molecular weight is 276 g/mol. The third-order valence-corrected chi connectivity index (χ3v) is 2.55. The minimum atomic E-state index is -6.13. The lowest BCUT2D eigenvalue weighted by Gasteiger charge is -2.33. The highest BCUT2D eigenvalue weighted by molar-refractivity contribution is 7.54. The van der Waals surface area contributed by atoms with Crippen molar-refractivity contribution in [1.82, 2.24) is 9.75 Å². The molecule has 0 radical (unpaired) electrons. The second kappa shape index (κ2) is 6.31. The Hall–Kier alpha value is 0.690. The minimum Gasteiger partial charge on any atom is -0.306 e. The zero-order valence-corrected chi connectivity index (χ0v) is 8.82. The fraction of sp³-hybridized carbons (Fsp3) is 1.00. The molecule has 4 nitrogen and oxygen atoms in total. The highest BCUT2D eigenvalue weighted by Crippen LogP contribution is 2.47. The molecule has 1 atom stereocenters. The molecule has 0 saturated carbocycles. The Morgan fingerprint density at radius 2 is 2.29 bits per heavy atom. The number of nitrogens with one attached hydrogen (secondary N) is 1. The Labute approximate surface area is 116 Å². The Balaban J connectivity index is 3.98. The van der Waals surface area contributed by atoms with Crippen LogP contribution in [0.4, 0.5) is 0 Å². The van der Waals surface area contributed by atoms with Crippen LogP contribution < -0.4 is 5.08 Å². The zero-order chi connectivity index (χ0) is 23.9. The van der Waals surface area contributed by atoms with Crippen LogP contribution in [0.15, 0.2) is 0 Å². The minimum absolute atomic E-state index is 0.914. The first kappa shape index (κ1) is 3.12. The summed E-state index contributed by atoms with van der Waals surface area (Å²) in [6, 6.07) is 0. The van der Waals surface area contributed by atoms with Gasteiger partial charge in [0.1, 0.15) is 1.41 Å². The predicted octanol–water partition coefficient (Wildman–Crippen LogP) is 1.88. The lowest BCUT2D eigenvalue weighted by atomic mass is 10.5. The normalized spacial score (nSPS) is 60.4. The number of alkyl halides is 2. The van der Waals surface area contributed by atoms with Gasteiger partial charge in [-0.2, -0.15) is 0 Å². The summed E-state index contributed by atoms with van der Waals surface area (Å²) in [7, 11) is -6.13. The molecule has 84 valence electrons. The zero-order valence-electron chi connectivity index (χ0n) is 21.4. The van der Waals surface area contributed by atoms with E-state index in [4.69, 9.17) is 43.8 Å². The van der Waals surface area contributed by atoms with Crippen molar-refractivity contribution in [2.75, 3.05) is 37.7 Å². The number of hydrogen-bond acceptors (Lipinski definition) is 2. The van der Waals surface area contributed by atoms with Crippen LogP contribution in [-0.4, -0.2) is 42.4 Å². The van der Waals surface area contributed by atoms with Crippen LogP contribution in [-0.2, 0) is 9.09 Å². The van der Waals surface area contributed by atoms with Gasteiger partial charge < -0.3 is 4.52 Å². The quantitative estimate of drug-likeness (QED) is 0.615. The van der Waals surface area contributed by atoms with Gasteiger partial charge in [-0.3, -0.25) is 4.57 Å². The molecular formula is C7H15Cl2N2O2P. The maximum Gasteiger partial charge on any atom is 0.343 e. The molecule has 1 aliphatic heterocycles. The van der Waals surface area contributed by atoms with Crippen molar-refractivity contribution in [3.8, 4) is 0 Å². The molecule has 0 aromatic heterocycles. The fourth-order valence-corrected chi connectivity index (χ4v) is 1.73. The van der Waals surface area contributed by atoms with E-state index in [-0.39, 0.29) is 0 Å². The van der Waals surface area contributed by atoms with Crippen LogP contribution in [0.2, 0.25) is 1.41 Å². The molecule has 0 aromatic rings. The van der Waals surface area contributed by atoms with Crippen molar-refractivity contribution >= 4 is 30.9 Å². The van der Waals surface area contributed by atoms with E-state index in [1.165, 1.54) is 0 Å². The summed E-state index contributed by atoms with van der Waals surface area (Å²) < 4.78 is 131. The second-order valence-electron chi connectivity index (χ2n) is 1.75. The van der Waals surface area contributed by atoms with E-state index in [0.29, 0.717) is 0 Å². The largest absolute Gasteiger partial charge is 0.343 e. The summed E-state index contributed by atoms with van der Waals surface area (Å²) >= 11 is 10.5. The topological polar surface area (TPSA) is 41.6 Å². The number of nitrogens with zero attached hydrogens (tertiary/aromatic N) is 1. The molecule has 1 aliphatic rings. The first-order chi connectivity index (χ1) is 12.2. The fourth-order valence-electron chi connectivity index (χ4n) is 0.534. The van der Waals surface area contributed by atoms with Gasteiger partial charge in [0.05, 0.1) is 9.30 Å². The van der Waals surface area contributed by atoms with Crippen molar-refractivity contribution in [3.63, 3.8) is 0 Å². The summed E-state index contributed by atoms with van der Waals surface area (Å²) in [6.07, 6.45) is -3.72. The summed E-state index contributed by atoms with van der Waals surface area (Å²) in [4.78, 5) is 0. The van der Waals surface area contributed by atoms with Crippen molar-refractivity contribution in [2.24, 2.45) is 0 Å². The van der Waals surface area contributed by atoms with Gasteiger partial charge in [0.15, 0.2) is 0 Å². The van der Waals surface area contributed by atoms with Gasteiger partial charge in [0, 0.05) is 47.6 Å². The van der Waals surface area contributed by atoms with Crippen molar-refractivity contribution in [1.29, 1.82) is 0 Å². The lowest BCUT2D eigenvalue weighted by Crippen LogP contribution is -2.35. The number of halogens is 2. The summed E-state index contributed by atoms with van der Waals surface area (Å²) in [5, 5.41) is -0.914. The second-order valence-corrected chi connectivity index (χ2v) is 3.89. The smallest absolute Gasteiger partial charge is 0.306 e. The number of hydrogen-bond donors (Lipinski definition) is 1. The summed E-state index contributed by atoms with van der Waals surface area (Å²) in [5.41, 5.74) is 0. The molecule has 1 saturated heterocycles. The predicted molar refractivity (Wildman–Crippen MR) is 59.2 cm³/mol. The van der Waals surface area contributed by atoms with E-state index in [1.54, 1.807) is 0 Å². The van der Waals surface area contributed by atoms with E-state index < -0.39 is 61.5 Å². The summed E-state index contributed by atoms with van der Waals surface area (Å²) in [5.74, 6) is -7.39. The van der Waals surface area contributed by atoms with E-state index in [0.717, 1.165) is 0 Å². The molecule has 1 rings (SSSR count). The molecule has 0 aliphatic carbocycles. The van der Waals surface area contributed by atoms with Gasteiger partial charge in [-0.25, -0.2) is 9.75 Å². The highest BCUT2D eigenvalue weighted by Gasteiger charge is 2.32. The van der Waals surface area contributed by atoms with Crippen LogP contribution in [0.25, 0.3) is 0 Å². The van der Waals surface area contributed by atoms with Gasteiger partial charge >= 0.3 is 7.67 Å². The van der Waals surface area contributed by atoms with Crippen LogP contribution in [0, 0.1) is 0 Å².